The molecule has 3 atom stereocenters. The first-order valence-corrected chi connectivity index (χ1v) is 14.8. The molecule has 2 saturated carbocycles. The Hall–Kier alpha value is -3.24. The van der Waals surface area contributed by atoms with Crippen molar-refractivity contribution in [3.63, 3.8) is 0 Å². The molecule has 1 N–H and O–H groups in total. The zero-order valence-electron chi connectivity index (χ0n) is 22.8. The number of nitrogens with one attached hydrogen (secondary N) is 1. The van der Waals surface area contributed by atoms with Crippen molar-refractivity contribution in [2.75, 3.05) is 18.1 Å². The Morgan fingerprint density at radius 2 is 1.95 bits per heavy atom. The van der Waals surface area contributed by atoms with E-state index in [1.807, 2.05) is 24.3 Å². The van der Waals surface area contributed by atoms with Crippen LogP contribution in [0.15, 0.2) is 33.5 Å². The summed E-state index contributed by atoms with van der Waals surface area (Å²) < 4.78 is 13.8. The Bertz CT molecular complexity index is 1590. The summed E-state index contributed by atoms with van der Waals surface area (Å²) in [5.41, 5.74) is 2.96. The van der Waals surface area contributed by atoms with E-state index in [2.05, 4.69) is 33.5 Å². The molecule has 40 heavy (non-hydrogen) atoms. The average Bonchev–Trinajstić information content (AvgIpc) is 3.70. The maximum absolute atomic E-state index is 11.8. The monoisotopic (exact) mass is 563 g/mol. The molecule has 3 fully saturated rings. The summed E-state index contributed by atoms with van der Waals surface area (Å²) in [6.07, 6.45) is 8.37. The largest absolute Gasteiger partial charge is 0.434 e. The predicted octanol–water partition coefficient (Wildman–Crippen LogP) is 5.64. The highest BCUT2D eigenvalue weighted by Gasteiger charge is 2.40. The van der Waals surface area contributed by atoms with Gasteiger partial charge in [-0.2, -0.15) is 4.98 Å². The minimum absolute atomic E-state index is 0.0304. The van der Waals surface area contributed by atoms with E-state index in [9.17, 15) is 4.79 Å². The van der Waals surface area contributed by atoms with Gasteiger partial charge in [0, 0.05) is 23.2 Å². The van der Waals surface area contributed by atoms with Crippen LogP contribution in [0.1, 0.15) is 64.8 Å². The highest BCUT2D eigenvalue weighted by Crippen LogP contribution is 2.43. The Morgan fingerprint density at radius 3 is 2.73 bits per heavy atom. The molecule has 3 aromatic heterocycles. The molecule has 4 aromatic rings. The summed E-state index contributed by atoms with van der Waals surface area (Å²) in [6, 6.07) is 8.13. The number of aromatic nitrogens is 6. The molecule has 210 valence electrons. The minimum atomic E-state index is -0.657. The third kappa shape index (κ3) is 4.51. The van der Waals surface area contributed by atoms with E-state index in [0.717, 1.165) is 48.8 Å². The van der Waals surface area contributed by atoms with E-state index in [-0.39, 0.29) is 29.9 Å². The molecule has 10 nitrogen and oxygen atoms in total. The summed E-state index contributed by atoms with van der Waals surface area (Å²) in [5, 5.41) is 6.94. The Balaban J connectivity index is 1.47. The first kappa shape index (κ1) is 25.7. The summed E-state index contributed by atoms with van der Waals surface area (Å²) in [4.78, 5) is 29.2. The number of fused-ring (bicyclic) bond motifs is 2. The summed E-state index contributed by atoms with van der Waals surface area (Å²) in [5.74, 6) is 1.77. The fourth-order valence-electron chi connectivity index (χ4n) is 6.99. The first-order valence-electron chi connectivity index (χ1n) is 14.5. The van der Waals surface area contributed by atoms with E-state index < -0.39 is 5.76 Å². The molecule has 3 aliphatic rings. The molecular weight excluding hydrogens is 530 g/mol. The number of hydrogen-bond donors (Lipinski definition) is 1. The SMILES string of the molecule is CC1CCC(C(C)n2c(N3CCOC4CCCC43)nc3nc(-c4n[nH]c(=O)o4)nc(-c4cccc(Cl)c4)c32)CC1. The van der Waals surface area contributed by atoms with Crippen LogP contribution in [0.4, 0.5) is 5.95 Å². The van der Waals surface area contributed by atoms with Crippen molar-refractivity contribution < 1.29 is 9.15 Å². The number of rotatable bonds is 5. The number of nitrogens with zero attached hydrogens (tertiary/aromatic N) is 6. The van der Waals surface area contributed by atoms with Gasteiger partial charge < -0.3 is 18.6 Å². The van der Waals surface area contributed by atoms with Crippen LogP contribution < -0.4 is 10.7 Å². The summed E-state index contributed by atoms with van der Waals surface area (Å²) in [7, 11) is 0. The maximum atomic E-state index is 11.8. The predicted molar refractivity (Wildman–Crippen MR) is 152 cm³/mol. The smallest absolute Gasteiger partial charge is 0.384 e. The van der Waals surface area contributed by atoms with Gasteiger partial charge in [-0.1, -0.05) is 43.5 Å². The van der Waals surface area contributed by atoms with Crippen LogP contribution in [0.3, 0.4) is 0 Å². The minimum Gasteiger partial charge on any atom is -0.384 e. The van der Waals surface area contributed by atoms with Gasteiger partial charge in [-0.25, -0.2) is 19.9 Å². The number of ether oxygens (including phenoxy) is 1. The molecule has 0 amide bonds. The van der Waals surface area contributed by atoms with E-state index in [1.165, 1.54) is 25.7 Å². The standard InChI is InChI=1S/C29H34ClN7O3/c1-16-9-11-18(12-10-16)17(2)37-24-23(19-5-3-6-20(30)15-19)31-26(27-34-35-29(38)40-27)32-25(24)33-28(37)36-13-14-39-22-8-4-7-21(22)36/h3,5-6,15-18,21-22H,4,7-14H2,1-2H3,(H,35,38). The lowest BCUT2D eigenvalue weighted by Gasteiger charge is -2.40. The zero-order valence-corrected chi connectivity index (χ0v) is 23.6. The van der Waals surface area contributed by atoms with Crippen LogP contribution >= 0.6 is 11.6 Å². The lowest BCUT2D eigenvalue weighted by Crippen LogP contribution is -2.50. The van der Waals surface area contributed by atoms with Gasteiger partial charge >= 0.3 is 5.76 Å². The highest BCUT2D eigenvalue weighted by molar-refractivity contribution is 6.30. The van der Waals surface area contributed by atoms with Crippen molar-refractivity contribution in [1.29, 1.82) is 0 Å². The van der Waals surface area contributed by atoms with Crippen LogP contribution in [0, 0.1) is 11.8 Å². The quantitative estimate of drug-likeness (QED) is 0.332. The van der Waals surface area contributed by atoms with Crippen LogP contribution in [-0.2, 0) is 4.74 Å². The molecule has 4 heterocycles. The van der Waals surface area contributed by atoms with Gasteiger partial charge in [0.2, 0.25) is 11.8 Å². The van der Waals surface area contributed by atoms with E-state index in [1.54, 1.807) is 0 Å². The second-order valence-corrected chi connectivity index (χ2v) is 12.1. The number of imidazole rings is 1. The lowest BCUT2D eigenvalue weighted by atomic mass is 9.79. The van der Waals surface area contributed by atoms with Gasteiger partial charge in [0.05, 0.1) is 18.8 Å². The van der Waals surface area contributed by atoms with Crippen LogP contribution in [0.2, 0.25) is 5.02 Å². The van der Waals surface area contributed by atoms with Gasteiger partial charge in [0.25, 0.3) is 5.89 Å². The fourth-order valence-corrected chi connectivity index (χ4v) is 7.18. The number of aromatic amines is 1. The Kier molecular flexibility index (Phi) is 6.62. The molecule has 2 aliphatic carbocycles. The molecule has 11 heteroatoms. The number of morpholine rings is 1. The second kappa shape index (κ2) is 10.3. The molecule has 1 saturated heterocycles. The molecule has 0 radical (unpaired) electrons. The second-order valence-electron chi connectivity index (χ2n) is 11.6. The lowest BCUT2D eigenvalue weighted by molar-refractivity contribution is 0.0245. The maximum Gasteiger partial charge on any atom is 0.434 e. The van der Waals surface area contributed by atoms with E-state index >= 15 is 0 Å². The van der Waals surface area contributed by atoms with Crippen LogP contribution in [0.25, 0.3) is 34.1 Å². The van der Waals surface area contributed by atoms with Gasteiger partial charge in [-0.3, -0.25) is 0 Å². The van der Waals surface area contributed by atoms with Crippen molar-refractivity contribution in [3.8, 4) is 23.0 Å². The topological polar surface area (TPSA) is 115 Å². The number of H-pyrrole nitrogens is 1. The van der Waals surface area contributed by atoms with Gasteiger partial charge in [0.15, 0.2) is 5.65 Å². The first-order chi connectivity index (χ1) is 19.5. The number of hydrogen-bond acceptors (Lipinski definition) is 8. The average molecular weight is 564 g/mol. The molecular formula is C29H34ClN7O3. The molecule has 7 rings (SSSR count). The number of halogens is 1. The molecule has 0 bridgehead atoms. The molecule has 0 spiro atoms. The van der Waals surface area contributed by atoms with Crippen molar-refractivity contribution in [2.45, 2.75) is 77.0 Å². The third-order valence-corrected chi connectivity index (χ3v) is 9.38. The van der Waals surface area contributed by atoms with E-state index in [4.69, 9.17) is 35.7 Å². The van der Waals surface area contributed by atoms with Crippen molar-refractivity contribution >= 4 is 28.7 Å². The van der Waals surface area contributed by atoms with Gasteiger partial charge in [0.1, 0.15) is 11.2 Å². The number of benzene rings is 1. The normalized spacial score (nSPS) is 25.8. The Morgan fingerprint density at radius 1 is 1.10 bits per heavy atom. The third-order valence-electron chi connectivity index (χ3n) is 9.14. The van der Waals surface area contributed by atoms with Crippen molar-refractivity contribution in [2.24, 2.45) is 11.8 Å². The van der Waals surface area contributed by atoms with Gasteiger partial charge in [-0.05, 0) is 63.0 Å². The molecule has 1 aliphatic heterocycles. The van der Waals surface area contributed by atoms with Crippen molar-refractivity contribution in [3.05, 3.63) is 39.8 Å². The van der Waals surface area contributed by atoms with Crippen molar-refractivity contribution in [1.82, 2.24) is 29.7 Å². The summed E-state index contributed by atoms with van der Waals surface area (Å²) in [6.45, 7) is 6.13. The highest BCUT2D eigenvalue weighted by atomic mass is 35.5. The fraction of sp³-hybridized carbons (Fsp3) is 0.552. The van der Waals surface area contributed by atoms with Gasteiger partial charge in [-0.15, -0.1) is 5.10 Å². The van der Waals surface area contributed by atoms with Crippen LogP contribution in [0.5, 0.6) is 0 Å². The molecule has 3 unspecified atom stereocenters. The molecule has 1 aromatic carbocycles. The summed E-state index contributed by atoms with van der Waals surface area (Å²) >= 11 is 6.47. The Labute approximate surface area is 237 Å². The van der Waals surface area contributed by atoms with Crippen LogP contribution in [-0.4, -0.2) is 55.0 Å². The zero-order chi connectivity index (χ0) is 27.4. The van der Waals surface area contributed by atoms with E-state index in [0.29, 0.717) is 28.9 Å². The number of anilines is 1.